The highest BCUT2D eigenvalue weighted by molar-refractivity contribution is 6.74. The van der Waals surface area contributed by atoms with Gasteiger partial charge in [0.05, 0.1) is 12.0 Å². The maximum atomic E-state index is 11.7. The quantitative estimate of drug-likeness (QED) is 0.316. The molecule has 0 amide bonds. The number of hydrogen-bond acceptors (Lipinski definition) is 5. The topological polar surface area (TPSA) is 81.6 Å². The maximum absolute atomic E-state index is 11.7. The maximum Gasteiger partial charge on any atom is 0.192 e. The van der Waals surface area contributed by atoms with Crippen molar-refractivity contribution in [2.45, 2.75) is 64.5 Å². The Hall–Kier alpha value is -1.53. The van der Waals surface area contributed by atoms with Crippen LogP contribution in [0, 0.1) is 5.92 Å². The van der Waals surface area contributed by atoms with E-state index in [9.17, 15) is 15.0 Å². The summed E-state index contributed by atoms with van der Waals surface area (Å²) in [4.78, 5) is 11.3. The van der Waals surface area contributed by atoms with Crippen molar-refractivity contribution in [3.05, 3.63) is 36.0 Å². The summed E-state index contributed by atoms with van der Waals surface area (Å²) in [7, 11) is -2.03. The highest BCUT2D eigenvalue weighted by atomic mass is 28.4. The van der Waals surface area contributed by atoms with E-state index in [1.807, 2.05) is 6.92 Å². The van der Waals surface area contributed by atoms with Gasteiger partial charge in [-0.1, -0.05) is 33.8 Å². The summed E-state index contributed by atoms with van der Waals surface area (Å²) in [5, 5.41) is 22.7. The summed E-state index contributed by atoms with van der Waals surface area (Å²) in [6, 6.07) is 0. The summed E-state index contributed by atoms with van der Waals surface area (Å²) in [6.07, 6.45) is 2.91. The number of rotatable bonds is 6. The Labute approximate surface area is 145 Å². The molecule has 0 aromatic rings. The van der Waals surface area contributed by atoms with E-state index in [2.05, 4.69) is 40.4 Å². The van der Waals surface area contributed by atoms with E-state index in [0.29, 0.717) is 12.0 Å². The van der Waals surface area contributed by atoms with Crippen LogP contribution in [0.3, 0.4) is 0 Å². The third-order valence-electron chi connectivity index (χ3n) is 4.85. The molecule has 1 aliphatic rings. The predicted molar refractivity (Wildman–Crippen MR) is 92.1 cm³/mol. The third-order valence-corrected chi connectivity index (χ3v) is 9.36. The molecule has 3 atom stereocenters. The molecule has 0 unspecified atom stereocenters. The van der Waals surface area contributed by atoms with Crippen molar-refractivity contribution in [2.24, 2.45) is 5.92 Å². The first-order valence-corrected chi connectivity index (χ1v) is 11.0. The van der Waals surface area contributed by atoms with Gasteiger partial charge in [0, 0.05) is 12.5 Å². The number of carbonyl (C=O) groups is 1. The van der Waals surface area contributed by atoms with Crippen LogP contribution in [0.2, 0.25) is 18.1 Å². The van der Waals surface area contributed by atoms with E-state index < -0.39 is 26.1 Å². The number of ether oxygens (including phenoxy) is 1. The lowest BCUT2D eigenvalue weighted by molar-refractivity contribution is -0.366. The molecule has 0 aliphatic heterocycles. The number of hydrogen-bond donors (Lipinski definition) is 0. The van der Waals surface area contributed by atoms with Gasteiger partial charge in [-0.25, -0.2) is 0 Å². The number of carbonyl (C=O) groups excluding carboxylic acids is 1. The normalized spacial score (nSPS) is 25.8. The molecule has 6 heteroatoms. The van der Waals surface area contributed by atoms with E-state index in [-0.39, 0.29) is 17.1 Å². The van der Waals surface area contributed by atoms with Crippen LogP contribution in [-0.2, 0) is 14.0 Å². The van der Waals surface area contributed by atoms with Gasteiger partial charge in [-0.05, 0) is 35.7 Å². The number of allylic oxidation sites excluding steroid dienone is 1. The van der Waals surface area contributed by atoms with Crippen LogP contribution in [0.5, 0.6) is 0 Å². The molecule has 5 nitrogen and oxygen atoms in total. The largest absolute Gasteiger partial charge is 0.873 e. The molecule has 1 rings (SSSR count). The fourth-order valence-corrected chi connectivity index (χ4v) is 3.70. The predicted octanol–water partition coefficient (Wildman–Crippen LogP) is 2.00. The Balaban J connectivity index is 3.00. The molecule has 1 aliphatic carbocycles. The van der Waals surface area contributed by atoms with Crippen LogP contribution in [0.25, 0.3) is 0 Å². The first-order valence-electron chi connectivity index (χ1n) is 8.12. The standard InChI is InChI=1S/C18H30O5Si/c1-12(20)8-17(21)22-15-9-14(11-19)10-16(13(15)2)23-24(6,7)18(3,4)5/h8-9,11,13,15-16,20-21H,1,10H2,2-7H3/p-2/b17-8+/t13-,15+,16-/m1/s1. The number of aldehydes is 1. The average Bonchev–Trinajstić information content (AvgIpc) is 2.40. The summed E-state index contributed by atoms with van der Waals surface area (Å²) in [5.74, 6) is -1.47. The summed E-state index contributed by atoms with van der Waals surface area (Å²) in [5.41, 5.74) is 0.551. The van der Waals surface area contributed by atoms with Gasteiger partial charge < -0.3 is 19.4 Å². The third kappa shape index (κ3) is 5.24. The molecular formula is C18H28O5Si-2. The van der Waals surface area contributed by atoms with Gasteiger partial charge in [0.1, 0.15) is 6.29 Å². The van der Waals surface area contributed by atoms with Crippen LogP contribution >= 0.6 is 0 Å². The molecule has 0 spiro atoms. The van der Waals surface area contributed by atoms with Gasteiger partial charge in [0.25, 0.3) is 0 Å². The fraction of sp³-hybridized carbons (Fsp3) is 0.611. The highest BCUT2D eigenvalue weighted by Crippen LogP contribution is 2.40. The van der Waals surface area contributed by atoms with Crippen molar-refractivity contribution in [2.75, 3.05) is 0 Å². The molecule has 0 bridgehead atoms. The van der Waals surface area contributed by atoms with Crippen molar-refractivity contribution in [1.29, 1.82) is 0 Å². The van der Waals surface area contributed by atoms with Crippen molar-refractivity contribution >= 4 is 14.6 Å². The second-order valence-electron chi connectivity index (χ2n) is 7.85. The van der Waals surface area contributed by atoms with Crippen molar-refractivity contribution in [1.82, 2.24) is 0 Å². The van der Waals surface area contributed by atoms with Crippen LogP contribution < -0.4 is 10.2 Å². The molecular weight excluding hydrogens is 324 g/mol. The lowest BCUT2D eigenvalue weighted by Crippen LogP contribution is -2.48. The zero-order valence-electron chi connectivity index (χ0n) is 15.4. The fourth-order valence-electron chi connectivity index (χ4n) is 2.29. The Morgan fingerprint density at radius 1 is 1.38 bits per heavy atom. The minimum absolute atomic E-state index is 0.0372. The van der Waals surface area contributed by atoms with Gasteiger partial charge in [-0.2, -0.15) is 0 Å². The summed E-state index contributed by atoms with van der Waals surface area (Å²) in [6.45, 7) is 15.8. The zero-order chi connectivity index (χ0) is 18.7. The van der Waals surface area contributed by atoms with Gasteiger partial charge in [0.15, 0.2) is 8.32 Å². The summed E-state index contributed by atoms with van der Waals surface area (Å²) < 4.78 is 11.8. The van der Waals surface area contributed by atoms with Crippen molar-refractivity contribution in [3.8, 4) is 0 Å². The van der Waals surface area contributed by atoms with Crippen LogP contribution in [0.15, 0.2) is 36.0 Å². The molecule has 0 aromatic heterocycles. The van der Waals surface area contributed by atoms with Gasteiger partial charge in [0.2, 0.25) is 0 Å². The summed E-state index contributed by atoms with van der Waals surface area (Å²) >= 11 is 0. The highest BCUT2D eigenvalue weighted by Gasteiger charge is 2.41. The second-order valence-corrected chi connectivity index (χ2v) is 12.6. The zero-order valence-corrected chi connectivity index (χ0v) is 16.4. The van der Waals surface area contributed by atoms with Gasteiger partial charge >= 0.3 is 0 Å². The van der Waals surface area contributed by atoms with E-state index in [0.717, 1.165) is 12.4 Å². The monoisotopic (exact) mass is 352 g/mol. The van der Waals surface area contributed by atoms with E-state index >= 15 is 0 Å². The SMILES string of the molecule is C=C([O-])/C=C(\[O-])O[C@H]1C=C(C=O)C[C@@H](O[Si](C)(C)C(C)(C)C)[C@@H]1C. The Morgan fingerprint density at radius 3 is 2.42 bits per heavy atom. The smallest absolute Gasteiger partial charge is 0.192 e. The van der Waals surface area contributed by atoms with E-state index in [1.54, 1.807) is 6.08 Å². The lowest BCUT2D eigenvalue weighted by Gasteiger charge is -2.45. The molecule has 0 fully saturated rings. The lowest BCUT2D eigenvalue weighted by atomic mass is 9.86. The molecule has 0 saturated carbocycles. The van der Waals surface area contributed by atoms with Crippen LogP contribution in [-0.4, -0.2) is 26.8 Å². The minimum atomic E-state index is -2.03. The minimum Gasteiger partial charge on any atom is -0.873 e. The molecule has 0 saturated heterocycles. The Kier molecular flexibility index (Phi) is 6.47. The van der Waals surface area contributed by atoms with Gasteiger partial charge in [-0.3, -0.25) is 4.79 Å². The van der Waals surface area contributed by atoms with Crippen LogP contribution in [0.1, 0.15) is 34.1 Å². The van der Waals surface area contributed by atoms with Crippen LogP contribution in [0.4, 0.5) is 0 Å². The molecule has 24 heavy (non-hydrogen) atoms. The Morgan fingerprint density at radius 2 is 1.96 bits per heavy atom. The molecule has 136 valence electrons. The first-order chi connectivity index (χ1) is 10.9. The molecule has 0 aromatic carbocycles. The van der Waals surface area contributed by atoms with Crippen molar-refractivity contribution < 1.29 is 24.2 Å². The molecule has 0 radical (unpaired) electrons. The Bertz CT molecular complexity index is 542. The van der Waals surface area contributed by atoms with E-state index in [4.69, 9.17) is 9.16 Å². The second kappa shape index (κ2) is 7.57. The van der Waals surface area contributed by atoms with Crippen molar-refractivity contribution in [3.63, 3.8) is 0 Å². The van der Waals surface area contributed by atoms with Gasteiger partial charge in [-0.15, -0.1) is 12.3 Å². The molecule has 0 heterocycles. The average molecular weight is 353 g/mol. The first kappa shape index (κ1) is 20.5. The molecule has 0 N–H and O–H groups in total. The van der Waals surface area contributed by atoms with E-state index in [1.165, 1.54) is 0 Å².